The van der Waals surface area contributed by atoms with E-state index in [4.69, 9.17) is 16.3 Å². The average molecular weight is 295 g/mol. The van der Waals surface area contributed by atoms with E-state index in [-0.39, 0.29) is 11.0 Å². The van der Waals surface area contributed by atoms with E-state index in [0.717, 1.165) is 0 Å². The molecule has 1 aromatic heterocycles. The van der Waals surface area contributed by atoms with Crippen molar-refractivity contribution in [1.29, 1.82) is 0 Å². The Kier molecular flexibility index (Phi) is 4.54. The van der Waals surface area contributed by atoms with Crippen LogP contribution in [0.1, 0.15) is 35.8 Å². The molecule has 0 fully saturated rings. The Hall–Kier alpha value is -1.69. The van der Waals surface area contributed by atoms with E-state index in [1.165, 1.54) is 7.11 Å². The Balaban J connectivity index is 2.62. The van der Waals surface area contributed by atoms with Crippen LogP contribution >= 0.6 is 11.6 Å². The first-order chi connectivity index (χ1) is 9.56. The van der Waals surface area contributed by atoms with Crippen molar-refractivity contribution in [2.45, 2.75) is 19.1 Å². The minimum Gasteiger partial charge on any atom is -0.480 e. The van der Waals surface area contributed by atoms with E-state index in [1.54, 1.807) is 19.1 Å². The van der Waals surface area contributed by atoms with Crippen molar-refractivity contribution in [2.75, 3.05) is 7.11 Å². The topological polar surface area (TPSA) is 75.5 Å². The minimum atomic E-state index is -1.01. The van der Waals surface area contributed by atoms with Crippen molar-refractivity contribution in [1.82, 2.24) is 10.2 Å². The van der Waals surface area contributed by atoms with Gasteiger partial charge < -0.3 is 14.9 Å². The normalized spacial score (nSPS) is 13.8. The summed E-state index contributed by atoms with van der Waals surface area (Å²) in [6.07, 6.45) is -1.91. The molecule has 6 heteroatoms. The second-order valence-electron chi connectivity index (χ2n) is 4.32. The van der Waals surface area contributed by atoms with Gasteiger partial charge in [0.05, 0.1) is 18.8 Å². The summed E-state index contributed by atoms with van der Waals surface area (Å²) in [5.41, 5.74) is 1.29. The first-order valence-electron chi connectivity index (χ1n) is 6.07. The number of methoxy groups -OCH3 is 1. The van der Waals surface area contributed by atoms with E-state index in [0.29, 0.717) is 16.7 Å². The van der Waals surface area contributed by atoms with Crippen molar-refractivity contribution < 1.29 is 14.9 Å². The van der Waals surface area contributed by atoms with Crippen molar-refractivity contribution in [3.63, 3.8) is 0 Å². The zero-order chi connectivity index (χ0) is 14.7. The molecule has 0 aliphatic rings. The fourth-order valence-electron chi connectivity index (χ4n) is 2.04. The molecule has 0 saturated carbocycles. The van der Waals surface area contributed by atoms with E-state index in [2.05, 4.69) is 10.2 Å². The lowest BCUT2D eigenvalue weighted by atomic mass is 9.96. The summed E-state index contributed by atoms with van der Waals surface area (Å²) in [5, 5.41) is 28.0. The SMILES string of the molecule is COc1nnc(Cl)c(C(C)O)c1C(O)c1ccccc1. The smallest absolute Gasteiger partial charge is 0.239 e. The van der Waals surface area contributed by atoms with Crippen LogP contribution in [0.3, 0.4) is 0 Å². The molecular formula is C14H15ClN2O3. The molecule has 106 valence electrons. The van der Waals surface area contributed by atoms with Gasteiger partial charge >= 0.3 is 0 Å². The number of benzene rings is 1. The van der Waals surface area contributed by atoms with Gasteiger partial charge in [-0.1, -0.05) is 41.9 Å². The standard InChI is InChI=1S/C14H15ClN2O3/c1-8(18)10-11(14(20-2)17-16-13(10)15)12(19)9-6-4-3-5-7-9/h3-8,12,18-19H,1-2H3. The Morgan fingerprint density at radius 3 is 2.30 bits per heavy atom. The number of nitrogens with zero attached hydrogens (tertiary/aromatic N) is 2. The molecule has 2 N–H and O–H groups in total. The molecule has 1 heterocycles. The van der Waals surface area contributed by atoms with Crippen LogP contribution in [-0.2, 0) is 0 Å². The monoisotopic (exact) mass is 294 g/mol. The number of aliphatic hydroxyl groups excluding tert-OH is 2. The minimum absolute atomic E-state index is 0.0470. The molecule has 2 aromatic rings. The molecular weight excluding hydrogens is 280 g/mol. The summed E-state index contributed by atoms with van der Waals surface area (Å²) in [6, 6.07) is 9.00. The summed E-state index contributed by atoms with van der Waals surface area (Å²) in [6.45, 7) is 1.55. The summed E-state index contributed by atoms with van der Waals surface area (Å²) in [7, 11) is 1.42. The maximum atomic E-state index is 10.5. The van der Waals surface area contributed by atoms with Crippen molar-refractivity contribution in [2.24, 2.45) is 0 Å². The first-order valence-corrected chi connectivity index (χ1v) is 6.45. The molecule has 2 unspecified atom stereocenters. The highest BCUT2D eigenvalue weighted by Gasteiger charge is 2.26. The van der Waals surface area contributed by atoms with Crippen LogP contribution < -0.4 is 4.74 Å². The number of ether oxygens (including phenoxy) is 1. The predicted octanol–water partition coefficient (Wildman–Crippen LogP) is 2.27. The van der Waals surface area contributed by atoms with Gasteiger partial charge in [0.1, 0.15) is 6.10 Å². The number of aliphatic hydroxyl groups is 2. The molecule has 0 amide bonds. The third-order valence-electron chi connectivity index (χ3n) is 2.97. The number of hydrogen-bond acceptors (Lipinski definition) is 5. The summed E-state index contributed by atoms with van der Waals surface area (Å²) >= 11 is 5.98. The van der Waals surface area contributed by atoms with Crippen LogP contribution in [0, 0.1) is 0 Å². The second kappa shape index (κ2) is 6.17. The van der Waals surface area contributed by atoms with Gasteiger partial charge in [-0.05, 0) is 12.5 Å². The molecule has 1 aromatic carbocycles. The van der Waals surface area contributed by atoms with Crippen LogP contribution in [0.25, 0.3) is 0 Å². The van der Waals surface area contributed by atoms with Crippen LogP contribution in [-0.4, -0.2) is 27.5 Å². The molecule has 0 radical (unpaired) electrons. The quantitative estimate of drug-likeness (QED) is 0.905. The number of halogens is 1. The summed E-state index contributed by atoms with van der Waals surface area (Å²) in [5.74, 6) is 0.140. The van der Waals surface area contributed by atoms with E-state index < -0.39 is 12.2 Å². The fourth-order valence-corrected chi connectivity index (χ4v) is 2.34. The summed E-state index contributed by atoms with van der Waals surface area (Å²) in [4.78, 5) is 0. The van der Waals surface area contributed by atoms with Crippen LogP contribution in [0.5, 0.6) is 5.88 Å². The molecule has 5 nitrogen and oxygen atoms in total. The number of hydrogen-bond donors (Lipinski definition) is 2. The molecule has 0 aliphatic carbocycles. The largest absolute Gasteiger partial charge is 0.480 e. The van der Waals surface area contributed by atoms with Gasteiger partial charge in [-0.15, -0.1) is 10.2 Å². The lowest BCUT2D eigenvalue weighted by Crippen LogP contribution is -2.12. The van der Waals surface area contributed by atoms with Gasteiger partial charge in [-0.25, -0.2) is 0 Å². The maximum Gasteiger partial charge on any atom is 0.239 e. The maximum absolute atomic E-state index is 10.5. The van der Waals surface area contributed by atoms with Crippen LogP contribution in [0.4, 0.5) is 0 Å². The molecule has 0 aliphatic heterocycles. The van der Waals surface area contributed by atoms with Gasteiger partial charge in [0.25, 0.3) is 0 Å². The first kappa shape index (κ1) is 14.7. The Bertz CT molecular complexity index is 590. The Morgan fingerprint density at radius 2 is 1.75 bits per heavy atom. The molecule has 0 saturated heterocycles. The van der Waals surface area contributed by atoms with Gasteiger partial charge in [-0.3, -0.25) is 0 Å². The van der Waals surface area contributed by atoms with Gasteiger partial charge in [-0.2, -0.15) is 0 Å². The van der Waals surface area contributed by atoms with Crippen molar-refractivity contribution >= 4 is 11.6 Å². The van der Waals surface area contributed by atoms with Crippen molar-refractivity contribution in [3.8, 4) is 5.88 Å². The number of aromatic nitrogens is 2. The summed E-state index contributed by atoms with van der Waals surface area (Å²) < 4.78 is 5.13. The highest BCUT2D eigenvalue weighted by Crippen LogP contribution is 2.36. The van der Waals surface area contributed by atoms with E-state index in [1.807, 2.05) is 18.2 Å². The lowest BCUT2D eigenvalue weighted by Gasteiger charge is -2.20. The second-order valence-corrected chi connectivity index (χ2v) is 4.67. The Morgan fingerprint density at radius 1 is 1.10 bits per heavy atom. The lowest BCUT2D eigenvalue weighted by molar-refractivity contribution is 0.179. The molecule has 0 bridgehead atoms. The van der Waals surface area contributed by atoms with Crippen molar-refractivity contribution in [3.05, 3.63) is 52.2 Å². The highest BCUT2D eigenvalue weighted by molar-refractivity contribution is 6.30. The zero-order valence-corrected chi connectivity index (χ0v) is 11.9. The molecule has 0 spiro atoms. The fraction of sp³-hybridized carbons (Fsp3) is 0.286. The number of rotatable bonds is 4. The Labute approximate surface area is 121 Å². The molecule has 2 atom stereocenters. The van der Waals surface area contributed by atoms with Gasteiger partial charge in [0, 0.05) is 5.56 Å². The zero-order valence-electron chi connectivity index (χ0n) is 11.1. The highest BCUT2D eigenvalue weighted by atomic mass is 35.5. The molecule has 2 rings (SSSR count). The predicted molar refractivity (Wildman–Crippen MR) is 74.7 cm³/mol. The van der Waals surface area contributed by atoms with Crippen LogP contribution in [0.15, 0.2) is 30.3 Å². The third kappa shape index (κ3) is 2.75. The van der Waals surface area contributed by atoms with Gasteiger partial charge in [0.15, 0.2) is 5.15 Å². The third-order valence-corrected chi connectivity index (χ3v) is 3.25. The van der Waals surface area contributed by atoms with E-state index >= 15 is 0 Å². The van der Waals surface area contributed by atoms with Gasteiger partial charge in [0.2, 0.25) is 5.88 Å². The van der Waals surface area contributed by atoms with E-state index in [9.17, 15) is 10.2 Å². The van der Waals surface area contributed by atoms with Crippen LogP contribution in [0.2, 0.25) is 5.15 Å². The average Bonchev–Trinajstić information content (AvgIpc) is 2.46. The molecule has 20 heavy (non-hydrogen) atoms.